The highest BCUT2D eigenvalue weighted by atomic mass is 32.2. The number of hydrogen-bond acceptors (Lipinski definition) is 6. The molecule has 0 unspecified atom stereocenters. The second kappa shape index (κ2) is 8.44. The number of hydrogen-bond donors (Lipinski definition) is 1. The molecule has 33 heavy (non-hydrogen) atoms. The molecule has 1 aromatic heterocycles. The highest BCUT2D eigenvalue weighted by Crippen LogP contribution is 2.36. The van der Waals surface area contributed by atoms with Gasteiger partial charge in [-0.1, -0.05) is 41.7 Å². The molecule has 1 aliphatic carbocycles. The summed E-state index contributed by atoms with van der Waals surface area (Å²) >= 11 is 0.926. The van der Waals surface area contributed by atoms with Crippen LogP contribution < -0.4 is 19.7 Å². The molecule has 5 rings (SSSR count). The van der Waals surface area contributed by atoms with E-state index < -0.39 is 10.0 Å². The summed E-state index contributed by atoms with van der Waals surface area (Å²) in [4.78, 5) is 20.8. The van der Waals surface area contributed by atoms with Crippen LogP contribution in [0.15, 0.2) is 52.7 Å². The maximum absolute atomic E-state index is 13.3. The minimum absolute atomic E-state index is 0.0149. The number of para-hydroxylation sites is 1. The van der Waals surface area contributed by atoms with E-state index in [1.54, 1.807) is 11.8 Å². The van der Waals surface area contributed by atoms with Crippen molar-refractivity contribution >= 4 is 38.2 Å². The number of primary sulfonamides is 1. The van der Waals surface area contributed by atoms with Gasteiger partial charge in [0.25, 0.3) is 0 Å². The van der Waals surface area contributed by atoms with Crippen molar-refractivity contribution < 1.29 is 17.9 Å². The third-order valence-electron chi connectivity index (χ3n) is 5.65. The van der Waals surface area contributed by atoms with Gasteiger partial charge in [-0.15, -0.1) is 0 Å². The average Bonchev–Trinajstić information content (AvgIpc) is 3.52. The van der Waals surface area contributed by atoms with Crippen molar-refractivity contribution in [2.24, 2.45) is 5.14 Å². The number of urea groups is 1. The van der Waals surface area contributed by atoms with E-state index in [4.69, 9.17) is 9.88 Å². The molecule has 2 amide bonds. The molecule has 2 N–H and O–H groups in total. The van der Waals surface area contributed by atoms with Gasteiger partial charge in [-0.05, 0) is 49.9 Å². The molecule has 8 nitrogen and oxygen atoms in total. The average molecular weight is 485 g/mol. The van der Waals surface area contributed by atoms with E-state index in [2.05, 4.69) is 4.98 Å². The van der Waals surface area contributed by atoms with E-state index in [0.717, 1.165) is 53.2 Å². The summed E-state index contributed by atoms with van der Waals surface area (Å²) in [7, 11) is -3.88. The molecule has 1 saturated heterocycles. The van der Waals surface area contributed by atoms with Crippen LogP contribution in [0.4, 0.5) is 15.6 Å². The van der Waals surface area contributed by atoms with Crippen LogP contribution in [0.1, 0.15) is 25.0 Å². The quantitative estimate of drug-likeness (QED) is 0.566. The van der Waals surface area contributed by atoms with Crippen LogP contribution >= 0.6 is 11.3 Å². The van der Waals surface area contributed by atoms with Gasteiger partial charge in [0.1, 0.15) is 5.75 Å². The van der Waals surface area contributed by atoms with Gasteiger partial charge in [0.15, 0.2) is 9.34 Å². The second-order valence-electron chi connectivity index (χ2n) is 8.21. The van der Waals surface area contributed by atoms with Crippen LogP contribution in [-0.4, -0.2) is 38.6 Å². The lowest BCUT2D eigenvalue weighted by Gasteiger charge is -2.34. The lowest BCUT2D eigenvalue weighted by Crippen LogP contribution is -2.49. The predicted molar refractivity (Wildman–Crippen MR) is 128 cm³/mol. The van der Waals surface area contributed by atoms with Crippen LogP contribution in [0.25, 0.3) is 11.1 Å². The van der Waals surface area contributed by atoms with Gasteiger partial charge >= 0.3 is 6.03 Å². The molecule has 0 spiro atoms. The van der Waals surface area contributed by atoms with Crippen LogP contribution in [0.5, 0.6) is 5.75 Å². The summed E-state index contributed by atoms with van der Waals surface area (Å²) in [6.45, 7) is 2.62. The van der Waals surface area contributed by atoms with E-state index >= 15 is 0 Å². The number of nitrogens with zero attached hydrogens (tertiary/aromatic N) is 3. The molecule has 3 aromatic rings. The first-order valence-corrected chi connectivity index (χ1v) is 13.1. The number of anilines is 2. The van der Waals surface area contributed by atoms with E-state index in [-0.39, 0.29) is 10.2 Å². The third kappa shape index (κ3) is 4.46. The maximum Gasteiger partial charge on any atom is 0.330 e. The zero-order chi connectivity index (χ0) is 23.2. The summed E-state index contributed by atoms with van der Waals surface area (Å²) in [5.74, 6) is 0.873. The van der Waals surface area contributed by atoms with Gasteiger partial charge in [-0.3, -0.25) is 9.80 Å². The fourth-order valence-electron chi connectivity index (χ4n) is 3.88. The lowest BCUT2D eigenvalue weighted by atomic mass is 10.0. The third-order valence-corrected chi connectivity index (χ3v) is 8.39. The number of thiazole rings is 1. The van der Waals surface area contributed by atoms with Crippen molar-refractivity contribution in [1.82, 2.24) is 4.98 Å². The fraction of sp³-hybridized carbons (Fsp3) is 0.304. The summed E-state index contributed by atoms with van der Waals surface area (Å²) in [5, 5.41) is 5.62. The Kier molecular flexibility index (Phi) is 5.59. The van der Waals surface area contributed by atoms with Crippen molar-refractivity contribution in [1.29, 1.82) is 0 Å². The molecule has 1 aliphatic heterocycles. The highest BCUT2D eigenvalue weighted by molar-refractivity contribution is 7.91. The Balaban J connectivity index is 1.38. The smallest absolute Gasteiger partial charge is 0.330 e. The molecule has 2 aliphatic rings. The van der Waals surface area contributed by atoms with Crippen molar-refractivity contribution in [3.63, 3.8) is 0 Å². The van der Waals surface area contributed by atoms with Gasteiger partial charge < -0.3 is 4.74 Å². The Morgan fingerprint density at radius 1 is 1.06 bits per heavy atom. The topological polar surface area (TPSA) is 106 Å². The minimum atomic E-state index is -3.88. The van der Waals surface area contributed by atoms with E-state index in [1.807, 2.05) is 48.5 Å². The summed E-state index contributed by atoms with van der Waals surface area (Å²) in [6, 6.07) is 15.6. The van der Waals surface area contributed by atoms with Gasteiger partial charge in [0, 0.05) is 24.3 Å². The highest BCUT2D eigenvalue weighted by Gasteiger charge is 2.31. The number of rotatable bonds is 6. The predicted octanol–water partition coefficient (Wildman–Crippen LogP) is 4.14. The SMILES string of the molecule is Cc1nc(N2CCCN(c3ccc(-c4ccccc4OC4CC4)cc3)C2=O)sc1S(N)(=O)=O. The number of sulfonamides is 1. The van der Waals surface area contributed by atoms with Gasteiger partial charge in [-0.25, -0.2) is 23.3 Å². The molecule has 172 valence electrons. The molecular weight excluding hydrogens is 460 g/mol. The molecule has 2 heterocycles. The zero-order valence-corrected chi connectivity index (χ0v) is 19.7. The molecule has 10 heteroatoms. The van der Waals surface area contributed by atoms with Gasteiger partial charge in [-0.2, -0.15) is 0 Å². The molecule has 0 atom stereocenters. The number of amides is 2. The normalized spacial score (nSPS) is 16.8. The fourth-order valence-corrected chi connectivity index (χ4v) is 5.85. The number of nitrogens with two attached hydrogens (primary N) is 1. The Hall–Kier alpha value is -2.95. The Morgan fingerprint density at radius 2 is 1.76 bits per heavy atom. The molecular formula is C23H24N4O4S2. The van der Waals surface area contributed by atoms with Crippen LogP contribution in [0.2, 0.25) is 0 Å². The Bertz CT molecular complexity index is 1300. The standard InChI is InChI=1S/C23H24N4O4S2/c1-15-21(33(24,29)30)32-22(25-15)27-14-4-13-26(23(27)28)17-9-7-16(8-10-17)19-5-2-3-6-20(19)31-18-11-12-18/h2-3,5-10,18H,4,11-14H2,1H3,(H2,24,29,30). The monoisotopic (exact) mass is 484 g/mol. The van der Waals surface area contributed by atoms with Crippen LogP contribution in [-0.2, 0) is 10.0 Å². The molecule has 1 saturated carbocycles. The summed E-state index contributed by atoms with van der Waals surface area (Å²) in [5.41, 5.74) is 3.12. The lowest BCUT2D eigenvalue weighted by molar-refractivity contribution is 0.248. The summed E-state index contributed by atoms with van der Waals surface area (Å²) in [6.07, 6.45) is 3.23. The van der Waals surface area contributed by atoms with E-state index in [9.17, 15) is 13.2 Å². The molecule has 0 radical (unpaired) electrons. The van der Waals surface area contributed by atoms with Crippen LogP contribution in [0.3, 0.4) is 0 Å². The first-order chi connectivity index (χ1) is 15.8. The Morgan fingerprint density at radius 3 is 2.42 bits per heavy atom. The van der Waals surface area contributed by atoms with E-state index in [1.165, 1.54) is 4.90 Å². The molecule has 2 fully saturated rings. The molecule has 0 bridgehead atoms. The first kappa shape index (κ1) is 21.9. The number of ether oxygens (including phenoxy) is 1. The van der Waals surface area contributed by atoms with Crippen molar-refractivity contribution in [2.45, 2.75) is 36.5 Å². The summed E-state index contributed by atoms with van der Waals surface area (Å²) < 4.78 is 29.6. The first-order valence-electron chi connectivity index (χ1n) is 10.8. The van der Waals surface area contributed by atoms with Gasteiger partial charge in [0.05, 0.1) is 11.8 Å². The van der Waals surface area contributed by atoms with Gasteiger partial charge in [0.2, 0.25) is 10.0 Å². The molecule has 2 aromatic carbocycles. The van der Waals surface area contributed by atoms with Crippen molar-refractivity contribution in [2.75, 3.05) is 22.9 Å². The Labute approximate surface area is 196 Å². The van der Waals surface area contributed by atoms with Crippen molar-refractivity contribution in [3.8, 4) is 16.9 Å². The largest absolute Gasteiger partial charge is 0.490 e. The number of carbonyl (C=O) groups is 1. The maximum atomic E-state index is 13.3. The second-order valence-corrected chi connectivity index (χ2v) is 10.9. The van der Waals surface area contributed by atoms with Crippen LogP contribution in [0, 0.1) is 6.92 Å². The minimum Gasteiger partial charge on any atom is -0.490 e. The number of aryl methyl sites for hydroxylation is 1. The van der Waals surface area contributed by atoms with Crippen molar-refractivity contribution in [3.05, 3.63) is 54.2 Å². The van der Waals surface area contributed by atoms with E-state index in [0.29, 0.717) is 30.0 Å². The number of benzene rings is 2. The zero-order valence-electron chi connectivity index (χ0n) is 18.1. The number of carbonyl (C=O) groups excluding carboxylic acids is 1. The number of aromatic nitrogens is 1.